The molecule has 2 N–H and O–H groups in total. The van der Waals surface area contributed by atoms with Gasteiger partial charge in [0.25, 0.3) is 0 Å². The van der Waals surface area contributed by atoms with Gasteiger partial charge in [-0.3, -0.25) is 9.59 Å². The van der Waals surface area contributed by atoms with Gasteiger partial charge in [-0.25, -0.2) is 0 Å². The maximum absolute atomic E-state index is 12.4. The molecule has 1 heterocycles. The molecular formula is C18H17ClN2O3. The molecule has 0 saturated carbocycles. The minimum atomic E-state index is -0.272. The molecule has 124 valence electrons. The number of hydrogen-bond donors (Lipinski definition) is 2. The number of fused-ring (bicyclic) bond motifs is 1. The van der Waals surface area contributed by atoms with E-state index in [9.17, 15) is 9.59 Å². The summed E-state index contributed by atoms with van der Waals surface area (Å²) in [6, 6.07) is 12.4. The van der Waals surface area contributed by atoms with Gasteiger partial charge in [-0.15, -0.1) is 0 Å². The molecular weight excluding hydrogens is 328 g/mol. The fraction of sp³-hybridized carbons (Fsp3) is 0.222. The summed E-state index contributed by atoms with van der Waals surface area (Å²) in [6.45, 7) is 1.79. The van der Waals surface area contributed by atoms with Crippen molar-refractivity contribution >= 4 is 34.8 Å². The Labute approximate surface area is 145 Å². The second-order valence-electron chi connectivity index (χ2n) is 5.71. The first kappa shape index (κ1) is 16.3. The van der Waals surface area contributed by atoms with Crippen LogP contribution in [0.15, 0.2) is 42.5 Å². The number of nitrogens with one attached hydrogen (secondary N) is 2. The molecule has 5 nitrogen and oxygen atoms in total. The molecule has 0 aliphatic carbocycles. The lowest BCUT2D eigenvalue weighted by molar-refractivity contribution is -0.121. The third-order valence-corrected chi connectivity index (χ3v) is 4.01. The number of anilines is 2. The molecule has 1 aliphatic heterocycles. The van der Waals surface area contributed by atoms with Gasteiger partial charge in [0.15, 0.2) is 0 Å². The number of amides is 2. The predicted octanol–water partition coefficient (Wildman–Crippen LogP) is 3.49. The van der Waals surface area contributed by atoms with E-state index < -0.39 is 0 Å². The molecule has 6 heteroatoms. The third-order valence-electron chi connectivity index (χ3n) is 3.77. The van der Waals surface area contributed by atoms with Crippen LogP contribution < -0.4 is 15.4 Å². The second-order valence-corrected chi connectivity index (χ2v) is 6.15. The summed E-state index contributed by atoms with van der Waals surface area (Å²) in [4.78, 5) is 23.4. The zero-order chi connectivity index (χ0) is 17.1. The Hall–Kier alpha value is -2.53. The largest absolute Gasteiger partial charge is 0.492 e. The maximum atomic E-state index is 12.4. The highest BCUT2D eigenvalue weighted by Crippen LogP contribution is 2.30. The lowest BCUT2D eigenvalue weighted by Crippen LogP contribution is -2.32. The molecule has 0 radical (unpaired) electrons. The van der Waals surface area contributed by atoms with E-state index in [2.05, 4.69) is 10.6 Å². The third kappa shape index (κ3) is 3.86. The molecule has 2 aromatic rings. The van der Waals surface area contributed by atoms with Crippen molar-refractivity contribution < 1.29 is 14.3 Å². The summed E-state index contributed by atoms with van der Waals surface area (Å²) in [5.74, 6) is 0.269. The number of rotatable bonds is 3. The molecule has 0 aromatic heterocycles. The number of benzene rings is 2. The Balaban J connectivity index is 1.64. The molecule has 0 saturated heterocycles. The highest BCUT2D eigenvalue weighted by atomic mass is 35.5. The van der Waals surface area contributed by atoms with Crippen molar-refractivity contribution in [2.75, 3.05) is 17.2 Å². The van der Waals surface area contributed by atoms with E-state index in [1.807, 2.05) is 12.1 Å². The second kappa shape index (κ2) is 6.93. The SMILES string of the molecule is CC(=O)Nc1ccc(NC(=O)[C@@H]2COc3ccc(Cl)cc3C2)cc1. The Morgan fingerprint density at radius 3 is 2.42 bits per heavy atom. The normalized spacial score (nSPS) is 15.8. The Morgan fingerprint density at radius 1 is 1.08 bits per heavy atom. The number of halogens is 1. The summed E-state index contributed by atoms with van der Waals surface area (Å²) < 4.78 is 5.65. The zero-order valence-corrected chi connectivity index (χ0v) is 13.9. The van der Waals surface area contributed by atoms with Crippen LogP contribution >= 0.6 is 11.6 Å². The standard InChI is InChI=1S/C18H17ClN2O3/c1-11(22)20-15-3-5-16(6-4-15)21-18(23)13-8-12-9-14(19)2-7-17(12)24-10-13/h2-7,9,13H,8,10H2,1H3,(H,20,22)(H,21,23)/t13-/m0/s1. The van der Waals surface area contributed by atoms with E-state index in [1.54, 1.807) is 30.3 Å². The zero-order valence-electron chi connectivity index (χ0n) is 13.1. The molecule has 2 aromatic carbocycles. The summed E-state index contributed by atoms with van der Waals surface area (Å²) in [5, 5.41) is 6.19. The van der Waals surface area contributed by atoms with Crippen LogP contribution in [0, 0.1) is 5.92 Å². The van der Waals surface area contributed by atoms with Crippen molar-refractivity contribution in [2.45, 2.75) is 13.3 Å². The summed E-state index contributed by atoms with van der Waals surface area (Å²) in [7, 11) is 0. The van der Waals surface area contributed by atoms with E-state index in [-0.39, 0.29) is 17.7 Å². The van der Waals surface area contributed by atoms with E-state index in [4.69, 9.17) is 16.3 Å². The van der Waals surface area contributed by atoms with Gasteiger partial charge in [0.05, 0.1) is 5.92 Å². The van der Waals surface area contributed by atoms with E-state index in [1.165, 1.54) is 6.92 Å². The first-order valence-corrected chi connectivity index (χ1v) is 7.99. The van der Waals surface area contributed by atoms with Crippen LogP contribution in [0.3, 0.4) is 0 Å². The van der Waals surface area contributed by atoms with Crippen molar-refractivity contribution in [1.82, 2.24) is 0 Å². The molecule has 0 bridgehead atoms. The average Bonchev–Trinajstić information content (AvgIpc) is 2.55. The lowest BCUT2D eigenvalue weighted by atomic mass is 9.96. The molecule has 3 rings (SSSR count). The molecule has 24 heavy (non-hydrogen) atoms. The summed E-state index contributed by atoms with van der Waals surface area (Å²) in [5.41, 5.74) is 2.30. The minimum absolute atomic E-state index is 0.104. The van der Waals surface area contributed by atoms with Crippen molar-refractivity contribution in [2.24, 2.45) is 5.92 Å². The Morgan fingerprint density at radius 2 is 1.75 bits per heavy atom. The van der Waals surface area contributed by atoms with E-state index >= 15 is 0 Å². The summed E-state index contributed by atoms with van der Waals surface area (Å²) in [6.07, 6.45) is 0.589. The van der Waals surface area contributed by atoms with Crippen LogP contribution in [-0.2, 0) is 16.0 Å². The van der Waals surface area contributed by atoms with Crippen LogP contribution in [0.1, 0.15) is 12.5 Å². The van der Waals surface area contributed by atoms with Crippen LogP contribution in [0.4, 0.5) is 11.4 Å². The first-order chi connectivity index (χ1) is 11.5. The van der Waals surface area contributed by atoms with Gasteiger partial charge in [-0.2, -0.15) is 0 Å². The first-order valence-electron chi connectivity index (χ1n) is 7.61. The Kier molecular flexibility index (Phi) is 4.71. The monoisotopic (exact) mass is 344 g/mol. The fourth-order valence-corrected chi connectivity index (χ4v) is 2.81. The highest BCUT2D eigenvalue weighted by Gasteiger charge is 2.26. The van der Waals surface area contributed by atoms with Crippen molar-refractivity contribution in [3.8, 4) is 5.75 Å². The quantitative estimate of drug-likeness (QED) is 0.895. The van der Waals surface area contributed by atoms with Gasteiger partial charge < -0.3 is 15.4 Å². The van der Waals surface area contributed by atoms with Gasteiger partial charge in [-0.1, -0.05) is 11.6 Å². The minimum Gasteiger partial charge on any atom is -0.492 e. The van der Waals surface area contributed by atoms with E-state index in [0.717, 1.165) is 11.3 Å². The molecule has 2 amide bonds. The van der Waals surface area contributed by atoms with Crippen molar-refractivity contribution in [3.63, 3.8) is 0 Å². The van der Waals surface area contributed by atoms with Gasteiger partial charge in [0.1, 0.15) is 12.4 Å². The molecule has 1 aliphatic rings. The fourth-order valence-electron chi connectivity index (χ4n) is 2.62. The van der Waals surface area contributed by atoms with Crippen molar-refractivity contribution in [3.05, 3.63) is 53.1 Å². The topological polar surface area (TPSA) is 67.4 Å². The number of carbonyl (C=O) groups is 2. The maximum Gasteiger partial charge on any atom is 0.231 e. The van der Waals surface area contributed by atoms with Gasteiger partial charge in [0, 0.05) is 23.3 Å². The molecule has 0 spiro atoms. The number of hydrogen-bond acceptors (Lipinski definition) is 3. The molecule has 0 unspecified atom stereocenters. The van der Waals surface area contributed by atoms with Crippen LogP contribution in [0.5, 0.6) is 5.75 Å². The predicted molar refractivity (Wildman–Crippen MR) is 93.5 cm³/mol. The van der Waals surface area contributed by atoms with E-state index in [0.29, 0.717) is 29.4 Å². The number of carbonyl (C=O) groups excluding carboxylic acids is 2. The van der Waals surface area contributed by atoms with Gasteiger partial charge >= 0.3 is 0 Å². The van der Waals surface area contributed by atoms with Crippen molar-refractivity contribution in [1.29, 1.82) is 0 Å². The molecule has 0 fully saturated rings. The van der Waals surface area contributed by atoms with Gasteiger partial charge in [0.2, 0.25) is 11.8 Å². The lowest BCUT2D eigenvalue weighted by Gasteiger charge is -2.24. The van der Waals surface area contributed by atoms with Crippen LogP contribution in [0.2, 0.25) is 5.02 Å². The molecule has 1 atom stereocenters. The summed E-state index contributed by atoms with van der Waals surface area (Å²) >= 11 is 6.00. The average molecular weight is 345 g/mol. The smallest absolute Gasteiger partial charge is 0.231 e. The Bertz CT molecular complexity index is 774. The van der Waals surface area contributed by atoms with Crippen LogP contribution in [0.25, 0.3) is 0 Å². The van der Waals surface area contributed by atoms with Crippen LogP contribution in [-0.4, -0.2) is 18.4 Å². The number of ether oxygens (including phenoxy) is 1. The van der Waals surface area contributed by atoms with Gasteiger partial charge in [-0.05, 0) is 54.4 Å². The highest BCUT2D eigenvalue weighted by molar-refractivity contribution is 6.30.